The van der Waals surface area contributed by atoms with Gasteiger partial charge in [-0.15, -0.1) is 0 Å². The fourth-order valence-corrected chi connectivity index (χ4v) is 2.10. The number of carboxylic acid groups (broad SMARTS) is 1. The highest BCUT2D eigenvalue weighted by Gasteiger charge is 2.29. The number of nitrogens with zero attached hydrogens (tertiary/aromatic N) is 3. The fourth-order valence-electron chi connectivity index (χ4n) is 2.10. The van der Waals surface area contributed by atoms with Crippen LogP contribution in [-0.2, 0) is 9.59 Å². The van der Waals surface area contributed by atoms with Crippen molar-refractivity contribution in [2.45, 2.75) is 39.7 Å². The first kappa shape index (κ1) is 21.8. The molecule has 1 aromatic heterocycles. The summed E-state index contributed by atoms with van der Waals surface area (Å²) < 4.78 is 0. The lowest BCUT2D eigenvalue weighted by Gasteiger charge is -2.28. The monoisotopic (exact) mass is 380 g/mol. The molecule has 4 amide bonds. The first-order chi connectivity index (χ1) is 12.5. The van der Waals surface area contributed by atoms with Crippen LogP contribution >= 0.6 is 0 Å². The third-order valence-corrected chi connectivity index (χ3v) is 3.29. The van der Waals surface area contributed by atoms with E-state index in [0.29, 0.717) is 5.01 Å². The number of nitrogens with two attached hydrogens (primary N) is 1. The normalized spacial score (nSPS) is 12.0. The molecule has 0 aliphatic carbocycles. The van der Waals surface area contributed by atoms with Crippen molar-refractivity contribution in [1.29, 1.82) is 0 Å². The van der Waals surface area contributed by atoms with Gasteiger partial charge in [0.05, 0.1) is 12.7 Å². The van der Waals surface area contributed by atoms with Crippen LogP contribution in [-0.4, -0.2) is 56.5 Å². The molecule has 1 atom stereocenters. The second-order valence-corrected chi connectivity index (χ2v) is 7.01. The van der Waals surface area contributed by atoms with E-state index in [2.05, 4.69) is 20.7 Å². The van der Waals surface area contributed by atoms with Gasteiger partial charge in [-0.2, -0.15) is 0 Å². The van der Waals surface area contributed by atoms with Crippen molar-refractivity contribution in [1.82, 2.24) is 25.7 Å². The van der Waals surface area contributed by atoms with Crippen LogP contribution in [0.25, 0.3) is 0 Å². The molecule has 1 aromatic rings. The van der Waals surface area contributed by atoms with E-state index in [9.17, 15) is 19.2 Å². The summed E-state index contributed by atoms with van der Waals surface area (Å²) in [5.41, 5.74) is 6.86. The van der Waals surface area contributed by atoms with E-state index in [-0.39, 0.29) is 30.5 Å². The lowest BCUT2D eigenvalue weighted by atomic mass is 9.87. The summed E-state index contributed by atoms with van der Waals surface area (Å²) in [6, 6.07) is -1.03. The summed E-state index contributed by atoms with van der Waals surface area (Å²) in [6.07, 6.45) is 2.50. The van der Waals surface area contributed by atoms with Gasteiger partial charge in [-0.25, -0.2) is 14.8 Å². The Balaban J connectivity index is 2.90. The molecule has 0 saturated carbocycles. The lowest BCUT2D eigenvalue weighted by molar-refractivity contribution is -0.128. The average molecular weight is 380 g/mol. The van der Waals surface area contributed by atoms with Gasteiger partial charge in [0.25, 0.3) is 11.8 Å². The highest BCUT2D eigenvalue weighted by molar-refractivity contribution is 5.96. The van der Waals surface area contributed by atoms with Crippen LogP contribution in [0.3, 0.4) is 0 Å². The molecule has 1 rings (SSSR count). The standard InChI is InChI=1S/C16H24N6O5/c1-16(2,3)8-10(20-13(24)11-9-18-5-6-19-11)14(25)21-22(15(26)27)7-4-12(17)23/h5-6,9-10H,4,7-8H2,1-3H3,(H2,17,23)(H,20,24)(H,21,25)(H,26,27)/t10-/m0/s1. The largest absolute Gasteiger partial charge is 0.464 e. The van der Waals surface area contributed by atoms with Gasteiger partial charge in [0, 0.05) is 18.8 Å². The summed E-state index contributed by atoms with van der Waals surface area (Å²) in [5.74, 6) is -2.07. The summed E-state index contributed by atoms with van der Waals surface area (Å²) in [7, 11) is 0. The molecular formula is C16H24N6O5. The number of hydrogen-bond acceptors (Lipinski definition) is 6. The molecule has 1 heterocycles. The van der Waals surface area contributed by atoms with Gasteiger partial charge in [-0.3, -0.25) is 24.8 Å². The van der Waals surface area contributed by atoms with Crippen LogP contribution in [0.4, 0.5) is 4.79 Å². The Hall–Kier alpha value is -3.24. The van der Waals surface area contributed by atoms with Crippen molar-refractivity contribution < 1.29 is 24.3 Å². The highest BCUT2D eigenvalue weighted by atomic mass is 16.4. The Bertz CT molecular complexity index is 688. The van der Waals surface area contributed by atoms with Crippen molar-refractivity contribution in [3.8, 4) is 0 Å². The highest BCUT2D eigenvalue weighted by Crippen LogP contribution is 2.21. The Morgan fingerprint density at radius 1 is 1.26 bits per heavy atom. The molecule has 0 aromatic carbocycles. The van der Waals surface area contributed by atoms with Crippen LogP contribution in [0.1, 0.15) is 44.1 Å². The van der Waals surface area contributed by atoms with Gasteiger partial charge in [0.2, 0.25) is 5.91 Å². The van der Waals surface area contributed by atoms with Crippen LogP contribution < -0.4 is 16.5 Å². The molecule has 0 unspecified atom stereocenters. The van der Waals surface area contributed by atoms with Crippen molar-refractivity contribution in [3.05, 3.63) is 24.3 Å². The zero-order chi connectivity index (χ0) is 20.6. The zero-order valence-electron chi connectivity index (χ0n) is 15.4. The van der Waals surface area contributed by atoms with Crippen molar-refractivity contribution >= 4 is 23.8 Å². The maximum absolute atomic E-state index is 12.6. The molecule has 11 heteroatoms. The number of hydrazine groups is 1. The van der Waals surface area contributed by atoms with Gasteiger partial charge in [0.15, 0.2) is 0 Å². The maximum atomic E-state index is 12.6. The Labute approximate surface area is 156 Å². The number of carbonyl (C=O) groups is 4. The molecule has 0 bridgehead atoms. The van der Waals surface area contributed by atoms with Crippen LogP contribution in [0.2, 0.25) is 0 Å². The Morgan fingerprint density at radius 2 is 1.93 bits per heavy atom. The zero-order valence-corrected chi connectivity index (χ0v) is 15.4. The van der Waals surface area contributed by atoms with E-state index in [1.165, 1.54) is 18.6 Å². The molecular weight excluding hydrogens is 356 g/mol. The smallest absolute Gasteiger partial charge is 0.426 e. The summed E-state index contributed by atoms with van der Waals surface area (Å²) in [6.45, 7) is 5.29. The molecule has 0 aliphatic heterocycles. The van der Waals surface area contributed by atoms with E-state index in [4.69, 9.17) is 10.8 Å². The van der Waals surface area contributed by atoms with E-state index in [1.807, 2.05) is 20.8 Å². The summed E-state index contributed by atoms with van der Waals surface area (Å²) in [4.78, 5) is 54.6. The van der Waals surface area contributed by atoms with Gasteiger partial charge >= 0.3 is 6.09 Å². The van der Waals surface area contributed by atoms with Crippen LogP contribution in [0.15, 0.2) is 18.6 Å². The van der Waals surface area contributed by atoms with E-state index in [1.54, 1.807) is 0 Å². The summed E-state index contributed by atoms with van der Waals surface area (Å²) >= 11 is 0. The van der Waals surface area contributed by atoms with E-state index < -0.39 is 29.9 Å². The predicted molar refractivity (Wildman–Crippen MR) is 94.0 cm³/mol. The molecule has 11 nitrogen and oxygen atoms in total. The number of nitrogens with one attached hydrogen (secondary N) is 2. The molecule has 0 saturated heterocycles. The maximum Gasteiger partial charge on any atom is 0.426 e. The fraction of sp³-hybridized carbons (Fsp3) is 0.500. The number of hydrogen-bond donors (Lipinski definition) is 4. The van der Waals surface area contributed by atoms with Gasteiger partial charge in [-0.05, 0) is 11.8 Å². The van der Waals surface area contributed by atoms with Crippen molar-refractivity contribution in [2.75, 3.05) is 6.54 Å². The average Bonchev–Trinajstić information content (AvgIpc) is 2.56. The second kappa shape index (κ2) is 9.46. The Morgan fingerprint density at radius 3 is 2.41 bits per heavy atom. The number of aromatic nitrogens is 2. The first-order valence-electron chi connectivity index (χ1n) is 8.16. The molecule has 5 N–H and O–H groups in total. The SMILES string of the molecule is CC(C)(C)C[C@H](NC(=O)c1cnccn1)C(=O)NN(CCC(N)=O)C(=O)O. The number of amides is 4. The Kier molecular flexibility index (Phi) is 7.64. The second-order valence-electron chi connectivity index (χ2n) is 7.01. The number of carbonyl (C=O) groups excluding carboxylic acids is 3. The number of primary amides is 1. The van der Waals surface area contributed by atoms with Gasteiger partial charge in [-0.1, -0.05) is 20.8 Å². The quantitative estimate of drug-likeness (QED) is 0.479. The minimum atomic E-state index is -1.46. The third-order valence-electron chi connectivity index (χ3n) is 3.29. The molecule has 148 valence electrons. The molecule has 0 fully saturated rings. The third kappa shape index (κ3) is 8.12. The van der Waals surface area contributed by atoms with E-state index in [0.717, 1.165) is 0 Å². The minimum Gasteiger partial charge on any atom is -0.464 e. The minimum absolute atomic E-state index is 0.0213. The first-order valence-corrected chi connectivity index (χ1v) is 8.16. The molecule has 27 heavy (non-hydrogen) atoms. The van der Waals surface area contributed by atoms with Crippen LogP contribution in [0, 0.1) is 5.41 Å². The summed E-state index contributed by atoms with van der Waals surface area (Å²) in [5, 5.41) is 12.2. The van der Waals surface area contributed by atoms with Crippen molar-refractivity contribution in [3.63, 3.8) is 0 Å². The molecule has 0 spiro atoms. The van der Waals surface area contributed by atoms with Crippen molar-refractivity contribution in [2.24, 2.45) is 11.1 Å². The van der Waals surface area contributed by atoms with E-state index >= 15 is 0 Å². The topological polar surface area (TPSA) is 168 Å². The lowest BCUT2D eigenvalue weighted by Crippen LogP contribution is -2.55. The number of rotatable bonds is 7. The van der Waals surface area contributed by atoms with Gasteiger partial charge in [0.1, 0.15) is 11.7 Å². The molecule has 0 aliphatic rings. The molecule has 0 radical (unpaired) electrons. The van der Waals surface area contributed by atoms with Gasteiger partial charge < -0.3 is 16.2 Å². The predicted octanol–water partition coefficient (Wildman–Crippen LogP) is -0.102. The van der Waals surface area contributed by atoms with Crippen LogP contribution in [0.5, 0.6) is 0 Å².